The molecule has 4 nitrogen and oxygen atoms in total. The lowest BCUT2D eigenvalue weighted by atomic mass is 9.96. The molecule has 0 N–H and O–H groups in total. The van der Waals surface area contributed by atoms with Gasteiger partial charge < -0.3 is 8.92 Å². The molecule has 0 saturated heterocycles. The standard InChI is InChI=1S/C15H19I2O4PS2/c16-22(17)23-21-13-8-14(9-13)24(18,19)15(6-7-15)11-20-10-12-4-2-1-3-5-12/h1-5,13-14H,6-11H2/t13-,14+. The third-order valence-corrected chi connectivity index (χ3v) is 11.6. The molecule has 3 rings (SSSR count). The van der Waals surface area contributed by atoms with E-state index in [1.54, 1.807) is 0 Å². The van der Waals surface area contributed by atoms with Crippen LogP contribution in [0.1, 0.15) is 31.2 Å². The maximum absolute atomic E-state index is 12.9. The van der Waals surface area contributed by atoms with Crippen LogP contribution in [0.4, 0.5) is 0 Å². The summed E-state index contributed by atoms with van der Waals surface area (Å²) in [5.41, 5.74) is 1.08. The predicted octanol–water partition coefficient (Wildman–Crippen LogP) is 5.44. The molecule has 24 heavy (non-hydrogen) atoms. The van der Waals surface area contributed by atoms with Crippen LogP contribution in [0.3, 0.4) is 0 Å². The SMILES string of the molecule is O=S(=O)([C@H]1C[C@@H](OSP(I)I)C1)C1(COCc2ccccc2)CC1. The Balaban J connectivity index is 1.48. The first-order chi connectivity index (χ1) is 11.4. The van der Waals surface area contributed by atoms with Crippen molar-refractivity contribution >= 4 is 68.0 Å². The molecule has 0 aromatic heterocycles. The number of rotatable bonds is 9. The highest BCUT2D eigenvalue weighted by Gasteiger charge is 2.59. The lowest BCUT2D eigenvalue weighted by Crippen LogP contribution is -2.46. The van der Waals surface area contributed by atoms with E-state index >= 15 is 0 Å². The highest BCUT2D eigenvalue weighted by Crippen LogP contribution is 2.66. The number of halogens is 2. The van der Waals surface area contributed by atoms with E-state index in [1.807, 2.05) is 30.3 Å². The molecule has 0 amide bonds. The van der Waals surface area contributed by atoms with Crippen molar-refractivity contribution in [2.24, 2.45) is 0 Å². The van der Waals surface area contributed by atoms with Gasteiger partial charge in [-0.15, -0.1) is 0 Å². The molecule has 0 aliphatic heterocycles. The van der Waals surface area contributed by atoms with Crippen molar-refractivity contribution in [3.8, 4) is 0 Å². The van der Waals surface area contributed by atoms with E-state index in [9.17, 15) is 8.42 Å². The summed E-state index contributed by atoms with van der Waals surface area (Å²) in [6.07, 6.45) is 2.81. The highest BCUT2D eigenvalue weighted by molar-refractivity contribution is 14.3. The van der Waals surface area contributed by atoms with E-state index in [1.165, 1.54) is 11.7 Å². The molecular formula is C15H19I2O4PS2. The summed E-state index contributed by atoms with van der Waals surface area (Å²) in [6, 6.07) is 9.88. The van der Waals surface area contributed by atoms with Gasteiger partial charge in [0.15, 0.2) is 9.84 Å². The van der Waals surface area contributed by atoms with Gasteiger partial charge in [-0.25, -0.2) is 8.42 Å². The van der Waals surface area contributed by atoms with Crippen molar-refractivity contribution in [1.29, 1.82) is 0 Å². The topological polar surface area (TPSA) is 52.6 Å². The van der Waals surface area contributed by atoms with Gasteiger partial charge in [-0.3, -0.25) is 0 Å². The van der Waals surface area contributed by atoms with E-state index in [2.05, 4.69) is 44.1 Å². The average molecular weight is 612 g/mol. The van der Waals surface area contributed by atoms with E-state index in [4.69, 9.17) is 8.92 Å². The van der Waals surface area contributed by atoms with E-state index in [0.29, 0.717) is 26.1 Å². The van der Waals surface area contributed by atoms with Gasteiger partial charge in [0.2, 0.25) is 0 Å². The number of sulfone groups is 1. The zero-order chi connectivity index (χ0) is 17.2. The zero-order valence-corrected chi connectivity index (χ0v) is 19.8. The van der Waals surface area contributed by atoms with Crippen LogP contribution in [0.2, 0.25) is 0 Å². The Kier molecular flexibility index (Phi) is 7.16. The second-order valence-corrected chi connectivity index (χ2v) is 26.5. The van der Waals surface area contributed by atoms with Crippen molar-refractivity contribution in [2.45, 2.75) is 48.4 Å². The quantitative estimate of drug-likeness (QED) is 0.211. The zero-order valence-electron chi connectivity index (χ0n) is 12.9. The summed E-state index contributed by atoms with van der Waals surface area (Å²) in [6.45, 7) is 0.786. The number of hydrogen-bond acceptors (Lipinski definition) is 5. The first-order valence-corrected chi connectivity index (χ1v) is 17.5. The van der Waals surface area contributed by atoms with Gasteiger partial charge in [0.25, 0.3) is 0 Å². The minimum atomic E-state index is -3.13. The van der Waals surface area contributed by atoms with Crippen LogP contribution < -0.4 is 0 Å². The Morgan fingerprint density at radius 3 is 2.46 bits per heavy atom. The van der Waals surface area contributed by atoms with E-state index < -0.39 is 14.6 Å². The van der Waals surface area contributed by atoms with Crippen LogP contribution in [0, 0.1) is 0 Å². The lowest BCUT2D eigenvalue weighted by Gasteiger charge is -2.36. The van der Waals surface area contributed by atoms with Crippen molar-refractivity contribution < 1.29 is 17.3 Å². The lowest BCUT2D eigenvalue weighted by molar-refractivity contribution is 0.113. The Hall–Kier alpha value is 1.33. The average Bonchev–Trinajstić information content (AvgIpc) is 3.28. The third-order valence-electron chi connectivity index (χ3n) is 4.61. The highest BCUT2D eigenvalue weighted by atomic mass is 127. The van der Waals surface area contributed by atoms with Gasteiger partial charge in [-0.1, -0.05) is 30.3 Å². The molecule has 9 heteroatoms. The van der Waals surface area contributed by atoms with Crippen LogP contribution in [0.25, 0.3) is 0 Å². The number of benzene rings is 1. The molecule has 0 bridgehead atoms. The largest absolute Gasteiger partial charge is 0.375 e. The monoisotopic (exact) mass is 612 g/mol. The second kappa shape index (κ2) is 8.56. The van der Waals surface area contributed by atoms with Crippen LogP contribution >= 0.6 is 58.2 Å². The molecule has 2 saturated carbocycles. The minimum Gasteiger partial charge on any atom is -0.375 e. The molecule has 0 atom stereocenters. The normalized spacial score (nSPS) is 25.5. The van der Waals surface area contributed by atoms with Gasteiger partial charge in [0.05, 0.1) is 29.3 Å². The Bertz CT molecular complexity index is 647. The van der Waals surface area contributed by atoms with Gasteiger partial charge in [-0.05, 0) is 75.3 Å². The number of ether oxygens (including phenoxy) is 1. The summed E-state index contributed by atoms with van der Waals surface area (Å²) >= 11 is 6.15. The van der Waals surface area contributed by atoms with Gasteiger partial charge in [0, 0.05) is 11.7 Å². The number of hydrogen-bond donors (Lipinski definition) is 0. The molecule has 1 aromatic carbocycles. The predicted molar refractivity (Wildman–Crippen MR) is 117 cm³/mol. The van der Waals surface area contributed by atoms with Crippen molar-refractivity contribution in [3.05, 3.63) is 35.9 Å². The maximum Gasteiger partial charge on any atom is 0.161 e. The fourth-order valence-corrected chi connectivity index (χ4v) is 8.01. The van der Waals surface area contributed by atoms with Gasteiger partial charge in [-0.2, -0.15) is 0 Å². The van der Waals surface area contributed by atoms with Crippen LogP contribution in [0.15, 0.2) is 30.3 Å². The Labute approximate surface area is 174 Å². The maximum atomic E-state index is 12.9. The first-order valence-electron chi connectivity index (χ1n) is 7.73. The Morgan fingerprint density at radius 2 is 1.88 bits per heavy atom. The fraction of sp³-hybridized carbons (Fsp3) is 0.600. The van der Waals surface area contributed by atoms with Crippen LogP contribution in [-0.4, -0.2) is 31.1 Å². The van der Waals surface area contributed by atoms with Crippen molar-refractivity contribution in [1.82, 2.24) is 0 Å². The third kappa shape index (κ3) is 4.78. The van der Waals surface area contributed by atoms with E-state index in [-0.39, 0.29) is 13.8 Å². The molecule has 0 spiro atoms. The summed E-state index contributed by atoms with van der Waals surface area (Å²) in [4.78, 5) is 0. The molecule has 2 aliphatic carbocycles. The smallest absolute Gasteiger partial charge is 0.161 e. The molecule has 2 fully saturated rings. The summed E-state index contributed by atoms with van der Waals surface area (Å²) in [7, 11) is -3.13. The first kappa shape index (κ1) is 20.1. The van der Waals surface area contributed by atoms with Gasteiger partial charge >= 0.3 is 0 Å². The fourth-order valence-electron chi connectivity index (χ4n) is 2.88. The summed E-state index contributed by atoms with van der Waals surface area (Å²) in [5.74, 6) is 0. The van der Waals surface area contributed by atoms with Crippen molar-refractivity contribution in [2.75, 3.05) is 6.61 Å². The minimum absolute atomic E-state index is 0.0883. The second-order valence-electron chi connectivity index (χ2n) is 6.29. The molecule has 134 valence electrons. The molecule has 0 radical (unpaired) electrons. The van der Waals surface area contributed by atoms with Gasteiger partial charge in [0.1, 0.15) is 2.41 Å². The summed E-state index contributed by atoms with van der Waals surface area (Å²) in [5, 5.41) is -0.249. The molecule has 0 heterocycles. The van der Waals surface area contributed by atoms with Crippen LogP contribution in [-0.2, 0) is 25.4 Å². The van der Waals surface area contributed by atoms with E-state index in [0.717, 1.165) is 18.4 Å². The van der Waals surface area contributed by atoms with Crippen LogP contribution in [0.5, 0.6) is 0 Å². The molecule has 1 aromatic rings. The van der Waals surface area contributed by atoms with Crippen molar-refractivity contribution in [3.63, 3.8) is 0 Å². The summed E-state index contributed by atoms with van der Waals surface area (Å²) < 4.78 is 36.3. The Morgan fingerprint density at radius 1 is 1.21 bits per heavy atom. The molecule has 0 unspecified atom stereocenters. The molecule has 2 aliphatic rings. The molecular weight excluding hydrogens is 593 g/mol.